The van der Waals surface area contributed by atoms with Gasteiger partial charge in [0.2, 0.25) is 0 Å². The highest BCUT2D eigenvalue weighted by Crippen LogP contribution is 2.11. The summed E-state index contributed by atoms with van der Waals surface area (Å²) in [5, 5.41) is 3.56. The van der Waals surface area contributed by atoms with E-state index >= 15 is 0 Å². The van der Waals surface area contributed by atoms with Crippen LogP contribution in [0.4, 0.5) is 0 Å². The van der Waals surface area contributed by atoms with Gasteiger partial charge >= 0.3 is 0 Å². The Balaban J connectivity index is 1.94. The van der Waals surface area contributed by atoms with Crippen molar-refractivity contribution in [3.05, 3.63) is 30.1 Å². The summed E-state index contributed by atoms with van der Waals surface area (Å²) in [6.45, 7) is 1.90. The molecular weight excluding hydrogens is 196 g/mol. The van der Waals surface area contributed by atoms with Gasteiger partial charge in [0.25, 0.3) is 0 Å². The fourth-order valence-corrected chi connectivity index (χ4v) is 3.04. The molecule has 1 unspecified atom stereocenters. The molecule has 0 amide bonds. The van der Waals surface area contributed by atoms with Crippen LogP contribution in [0.15, 0.2) is 24.5 Å². The summed E-state index contributed by atoms with van der Waals surface area (Å²) >= 11 is 0. The van der Waals surface area contributed by atoms with Crippen LogP contribution in [-0.4, -0.2) is 27.5 Å². The number of pyridine rings is 1. The summed E-state index contributed by atoms with van der Waals surface area (Å²) in [6, 6.07) is 3.87. The second-order valence-electron chi connectivity index (χ2n) is 3.50. The second kappa shape index (κ2) is 4.66. The molecule has 1 aromatic heterocycles. The van der Waals surface area contributed by atoms with Crippen molar-refractivity contribution in [1.29, 1.82) is 0 Å². The Morgan fingerprint density at radius 1 is 1.64 bits per heavy atom. The molecule has 1 aliphatic heterocycles. The van der Waals surface area contributed by atoms with E-state index in [1.165, 1.54) is 0 Å². The number of hydrogen-bond acceptors (Lipinski definition) is 3. The maximum absolute atomic E-state index is 11.9. The standard InChI is InChI=1S/C10H14N2OS/c13-14(10-3-5-12-7-10)8-9-2-1-4-11-6-9/h1-2,4,6,10,12H,3,5,7-8H2/t10-,14?/m0/s1. The molecular formula is C10H14N2OS. The Bertz CT molecular complexity index is 309. The molecule has 1 fully saturated rings. The molecule has 4 heteroatoms. The Hall–Kier alpha value is -0.740. The lowest BCUT2D eigenvalue weighted by Gasteiger charge is -2.07. The first-order valence-corrected chi connectivity index (χ1v) is 6.21. The van der Waals surface area contributed by atoms with E-state index in [-0.39, 0.29) is 0 Å². The highest BCUT2D eigenvalue weighted by atomic mass is 32.2. The van der Waals surface area contributed by atoms with E-state index in [4.69, 9.17) is 0 Å². The van der Waals surface area contributed by atoms with E-state index < -0.39 is 10.8 Å². The van der Waals surface area contributed by atoms with Gasteiger partial charge in [0.15, 0.2) is 0 Å². The van der Waals surface area contributed by atoms with Crippen LogP contribution in [-0.2, 0) is 16.6 Å². The van der Waals surface area contributed by atoms with Gasteiger partial charge in [-0.3, -0.25) is 9.19 Å². The Morgan fingerprint density at radius 2 is 2.57 bits per heavy atom. The van der Waals surface area contributed by atoms with Gasteiger partial charge in [-0.25, -0.2) is 0 Å². The third-order valence-corrected chi connectivity index (χ3v) is 4.18. The molecule has 2 rings (SSSR count). The van der Waals surface area contributed by atoms with Crippen LogP contribution in [0, 0.1) is 0 Å². The van der Waals surface area contributed by atoms with Crippen LogP contribution in [0.2, 0.25) is 0 Å². The molecule has 0 aliphatic carbocycles. The molecule has 76 valence electrons. The van der Waals surface area contributed by atoms with E-state index in [0.717, 1.165) is 25.1 Å². The van der Waals surface area contributed by atoms with Crippen LogP contribution in [0.25, 0.3) is 0 Å². The lowest BCUT2D eigenvalue weighted by molar-refractivity contribution is 0.672. The molecule has 0 spiro atoms. The Morgan fingerprint density at radius 3 is 3.21 bits per heavy atom. The first kappa shape index (κ1) is 9.80. The van der Waals surface area contributed by atoms with Crippen molar-refractivity contribution in [1.82, 2.24) is 10.3 Å². The minimum Gasteiger partial charge on any atom is -0.315 e. The lowest BCUT2D eigenvalue weighted by atomic mass is 10.3. The highest BCUT2D eigenvalue weighted by Gasteiger charge is 2.20. The summed E-state index contributed by atoms with van der Waals surface area (Å²) in [6.07, 6.45) is 4.57. The largest absolute Gasteiger partial charge is 0.315 e. The van der Waals surface area contributed by atoms with Gasteiger partial charge in [-0.05, 0) is 24.6 Å². The molecule has 2 atom stereocenters. The lowest BCUT2D eigenvalue weighted by Crippen LogP contribution is -2.19. The minimum atomic E-state index is -0.749. The number of rotatable bonds is 3. The summed E-state index contributed by atoms with van der Waals surface area (Å²) in [4.78, 5) is 4.01. The molecule has 0 radical (unpaired) electrons. The summed E-state index contributed by atoms with van der Waals surface area (Å²) in [5.41, 5.74) is 1.07. The zero-order chi connectivity index (χ0) is 9.80. The molecule has 0 saturated carbocycles. The first-order valence-electron chi connectivity index (χ1n) is 4.83. The van der Waals surface area contributed by atoms with Crippen molar-refractivity contribution < 1.29 is 4.21 Å². The van der Waals surface area contributed by atoms with E-state index in [2.05, 4.69) is 10.3 Å². The smallest absolute Gasteiger partial charge is 0.0504 e. The molecule has 0 aromatic carbocycles. The third kappa shape index (κ3) is 2.39. The molecule has 1 aromatic rings. The minimum absolute atomic E-state index is 0.329. The van der Waals surface area contributed by atoms with E-state index in [1.807, 2.05) is 12.1 Å². The average molecular weight is 210 g/mol. The van der Waals surface area contributed by atoms with Gasteiger partial charge in [-0.1, -0.05) is 6.07 Å². The number of nitrogens with one attached hydrogen (secondary N) is 1. The first-order chi connectivity index (χ1) is 6.86. The van der Waals surface area contributed by atoms with Crippen LogP contribution in [0.5, 0.6) is 0 Å². The molecule has 2 heterocycles. The molecule has 1 N–H and O–H groups in total. The van der Waals surface area contributed by atoms with E-state index in [0.29, 0.717) is 11.0 Å². The van der Waals surface area contributed by atoms with Crippen LogP contribution in [0.1, 0.15) is 12.0 Å². The fraction of sp³-hybridized carbons (Fsp3) is 0.500. The molecule has 14 heavy (non-hydrogen) atoms. The van der Waals surface area contributed by atoms with Crippen LogP contribution >= 0.6 is 0 Å². The average Bonchev–Trinajstić information content (AvgIpc) is 2.72. The predicted molar refractivity (Wildman–Crippen MR) is 57.4 cm³/mol. The maximum Gasteiger partial charge on any atom is 0.0504 e. The van der Waals surface area contributed by atoms with Gasteiger partial charge in [0.1, 0.15) is 0 Å². The van der Waals surface area contributed by atoms with Gasteiger partial charge in [-0.15, -0.1) is 0 Å². The van der Waals surface area contributed by atoms with Gasteiger partial charge in [-0.2, -0.15) is 0 Å². The van der Waals surface area contributed by atoms with Crippen molar-refractivity contribution in [3.63, 3.8) is 0 Å². The zero-order valence-electron chi connectivity index (χ0n) is 7.98. The van der Waals surface area contributed by atoms with Crippen LogP contribution in [0.3, 0.4) is 0 Å². The van der Waals surface area contributed by atoms with Crippen LogP contribution < -0.4 is 5.32 Å². The Kier molecular flexibility index (Phi) is 3.26. The molecule has 3 nitrogen and oxygen atoms in total. The maximum atomic E-state index is 11.9. The highest BCUT2D eigenvalue weighted by molar-refractivity contribution is 7.84. The van der Waals surface area contributed by atoms with Gasteiger partial charge < -0.3 is 5.32 Å². The monoisotopic (exact) mass is 210 g/mol. The predicted octanol–water partition coefficient (Wildman–Crippen LogP) is 0.692. The van der Waals surface area contributed by atoms with Gasteiger partial charge in [0, 0.05) is 35.0 Å². The second-order valence-corrected chi connectivity index (χ2v) is 5.22. The van der Waals surface area contributed by atoms with Crippen molar-refractivity contribution in [2.75, 3.05) is 13.1 Å². The van der Waals surface area contributed by atoms with Crippen molar-refractivity contribution in [2.24, 2.45) is 0 Å². The summed E-state index contributed by atoms with van der Waals surface area (Å²) < 4.78 is 11.9. The van der Waals surface area contributed by atoms with Gasteiger partial charge in [0.05, 0.1) is 5.75 Å². The Labute approximate surface area is 86.4 Å². The molecule has 1 aliphatic rings. The van der Waals surface area contributed by atoms with Crippen molar-refractivity contribution in [3.8, 4) is 0 Å². The van der Waals surface area contributed by atoms with Crippen molar-refractivity contribution >= 4 is 10.8 Å². The topological polar surface area (TPSA) is 42.0 Å². The summed E-state index contributed by atoms with van der Waals surface area (Å²) in [7, 11) is -0.749. The fourth-order valence-electron chi connectivity index (χ4n) is 1.62. The summed E-state index contributed by atoms with van der Waals surface area (Å²) in [5.74, 6) is 0.639. The van der Waals surface area contributed by atoms with E-state index in [9.17, 15) is 4.21 Å². The SMILES string of the molecule is O=S(Cc1cccnc1)[C@H]1CCNC1. The van der Waals surface area contributed by atoms with Crippen molar-refractivity contribution in [2.45, 2.75) is 17.4 Å². The molecule has 0 bridgehead atoms. The molecule has 1 saturated heterocycles. The quantitative estimate of drug-likeness (QED) is 0.798. The third-order valence-electron chi connectivity index (χ3n) is 2.42. The zero-order valence-corrected chi connectivity index (χ0v) is 8.80. The number of nitrogens with zero attached hydrogens (tertiary/aromatic N) is 1. The van der Waals surface area contributed by atoms with E-state index in [1.54, 1.807) is 12.4 Å². The number of aromatic nitrogens is 1. The normalized spacial score (nSPS) is 23.6. The number of hydrogen-bond donors (Lipinski definition) is 1.